The Morgan fingerprint density at radius 1 is 1.40 bits per heavy atom. The highest BCUT2D eigenvalue weighted by molar-refractivity contribution is 9.10. The van der Waals surface area contributed by atoms with Gasteiger partial charge in [0.15, 0.2) is 0 Å². The minimum Gasteiger partial charge on any atom is -0.355 e. The van der Waals surface area contributed by atoms with Gasteiger partial charge < -0.3 is 10.6 Å². The first-order valence-electron chi connectivity index (χ1n) is 5.16. The lowest BCUT2D eigenvalue weighted by molar-refractivity contribution is 0.498. The second-order valence-electron chi connectivity index (χ2n) is 3.92. The van der Waals surface area contributed by atoms with E-state index >= 15 is 0 Å². The third kappa shape index (κ3) is 2.29. The molecule has 0 aromatic carbocycles. The average molecular weight is 271 g/mol. The molecule has 0 aliphatic carbocycles. The molecule has 4 nitrogen and oxygen atoms in total. The Morgan fingerprint density at radius 3 is 2.73 bits per heavy atom. The fourth-order valence-electron chi connectivity index (χ4n) is 1.78. The zero-order valence-corrected chi connectivity index (χ0v) is 10.4. The zero-order chi connectivity index (χ0) is 10.8. The fraction of sp³-hybridized carbons (Fsp3) is 0.600. The van der Waals surface area contributed by atoms with Gasteiger partial charge in [0.25, 0.3) is 0 Å². The molecule has 0 spiro atoms. The van der Waals surface area contributed by atoms with Crippen molar-refractivity contribution in [3.8, 4) is 0 Å². The number of anilines is 1. The van der Waals surface area contributed by atoms with Crippen molar-refractivity contribution in [1.82, 2.24) is 9.97 Å². The van der Waals surface area contributed by atoms with Gasteiger partial charge in [-0.2, -0.15) is 0 Å². The number of hydrogen-bond donors (Lipinski definition) is 1. The second kappa shape index (κ2) is 4.45. The molecule has 15 heavy (non-hydrogen) atoms. The monoisotopic (exact) mass is 270 g/mol. The third-order valence-corrected chi connectivity index (χ3v) is 3.71. The van der Waals surface area contributed by atoms with Gasteiger partial charge in [-0.05, 0) is 35.7 Å². The molecule has 2 rings (SSSR count). The van der Waals surface area contributed by atoms with E-state index in [4.69, 9.17) is 5.73 Å². The van der Waals surface area contributed by atoms with Gasteiger partial charge in [-0.25, -0.2) is 9.97 Å². The lowest BCUT2D eigenvalue weighted by atomic mass is 10.1. The summed E-state index contributed by atoms with van der Waals surface area (Å²) in [5.74, 6) is 0.995. The molecule has 5 heteroatoms. The minimum absolute atomic E-state index is 0.350. The number of nitrogens with two attached hydrogens (primary N) is 1. The summed E-state index contributed by atoms with van der Waals surface area (Å²) in [6.45, 7) is 3.94. The Labute approximate surface area is 98.0 Å². The predicted molar refractivity (Wildman–Crippen MR) is 63.9 cm³/mol. The first kappa shape index (κ1) is 10.8. The van der Waals surface area contributed by atoms with Crippen LogP contribution in [-0.4, -0.2) is 29.1 Å². The van der Waals surface area contributed by atoms with Gasteiger partial charge in [-0.3, -0.25) is 0 Å². The van der Waals surface area contributed by atoms with Crippen molar-refractivity contribution in [2.75, 3.05) is 18.0 Å². The van der Waals surface area contributed by atoms with Crippen LogP contribution in [0.4, 0.5) is 5.82 Å². The maximum absolute atomic E-state index is 5.87. The van der Waals surface area contributed by atoms with Crippen LogP contribution in [0.2, 0.25) is 0 Å². The molecular formula is C10H15BrN4. The van der Waals surface area contributed by atoms with Crippen molar-refractivity contribution in [2.24, 2.45) is 5.73 Å². The summed E-state index contributed by atoms with van der Waals surface area (Å²) >= 11 is 3.53. The molecular weight excluding hydrogens is 256 g/mol. The Balaban J connectivity index is 2.19. The summed E-state index contributed by atoms with van der Waals surface area (Å²) in [6.07, 6.45) is 3.69. The molecule has 1 aromatic rings. The van der Waals surface area contributed by atoms with Crippen LogP contribution < -0.4 is 10.6 Å². The highest BCUT2D eigenvalue weighted by atomic mass is 79.9. The van der Waals surface area contributed by atoms with Crippen molar-refractivity contribution in [1.29, 1.82) is 0 Å². The number of nitrogens with zero attached hydrogens (tertiary/aromatic N) is 3. The van der Waals surface area contributed by atoms with Gasteiger partial charge in [-0.1, -0.05) is 0 Å². The van der Waals surface area contributed by atoms with E-state index in [1.54, 1.807) is 6.33 Å². The number of aromatic nitrogens is 2. The topological polar surface area (TPSA) is 55.0 Å². The number of halogens is 1. The van der Waals surface area contributed by atoms with Gasteiger partial charge in [0.05, 0.1) is 10.2 Å². The molecule has 1 aromatic heterocycles. The van der Waals surface area contributed by atoms with E-state index in [1.807, 2.05) is 6.92 Å². The molecule has 0 unspecified atom stereocenters. The molecule has 0 bridgehead atoms. The molecule has 0 atom stereocenters. The summed E-state index contributed by atoms with van der Waals surface area (Å²) in [5.41, 5.74) is 6.85. The van der Waals surface area contributed by atoms with Crippen LogP contribution >= 0.6 is 15.9 Å². The Morgan fingerprint density at radius 2 is 2.07 bits per heavy atom. The third-order valence-electron chi connectivity index (χ3n) is 2.78. The summed E-state index contributed by atoms with van der Waals surface area (Å²) in [5, 5.41) is 0. The molecule has 0 amide bonds. The summed E-state index contributed by atoms with van der Waals surface area (Å²) in [6, 6.07) is 0.350. The molecule has 82 valence electrons. The lowest BCUT2D eigenvalue weighted by Gasteiger charge is -2.31. The van der Waals surface area contributed by atoms with Gasteiger partial charge in [0.1, 0.15) is 12.1 Å². The van der Waals surface area contributed by atoms with Crippen molar-refractivity contribution in [3.05, 3.63) is 16.5 Å². The van der Waals surface area contributed by atoms with Crippen molar-refractivity contribution < 1.29 is 0 Å². The maximum Gasteiger partial charge on any atom is 0.146 e. The molecule has 1 aliphatic rings. The first-order chi connectivity index (χ1) is 7.18. The van der Waals surface area contributed by atoms with E-state index in [0.29, 0.717) is 6.04 Å². The highest BCUT2D eigenvalue weighted by Crippen LogP contribution is 2.27. The quantitative estimate of drug-likeness (QED) is 0.840. The van der Waals surface area contributed by atoms with E-state index < -0.39 is 0 Å². The van der Waals surface area contributed by atoms with Crippen LogP contribution in [0.15, 0.2) is 10.8 Å². The van der Waals surface area contributed by atoms with Crippen LogP contribution in [0.25, 0.3) is 0 Å². The van der Waals surface area contributed by atoms with Crippen LogP contribution in [0.3, 0.4) is 0 Å². The van der Waals surface area contributed by atoms with E-state index in [2.05, 4.69) is 30.8 Å². The summed E-state index contributed by atoms with van der Waals surface area (Å²) in [4.78, 5) is 10.7. The smallest absolute Gasteiger partial charge is 0.146 e. The molecule has 0 saturated carbocycles. The van der Waals surface area contributed by atoms with Crippen LogP contribution in [0.5, 0.6) is 0 Å². The van der Waals surface area contributed by atoms with Crippen molar-refractivity contribution in [2.45, 2.75) is 25.8 Å². The minimum atomic E-state index is 0.350. The number of piperidine rings is 1. The molecule has 1 saturated heterocycles. The van der Waals surface area contributed by atoms with Gasteiger partial charge in [-0.15, -0.1) is 0 Å². The second-order valence-corrected chi connectivity index (χ2v) is 4.71. The summed E-state index contributed by atoms with van der Waals surface area (Å²) < 4.78 is 1.00. The fourth-order valence-corrected chi connectivity index (χ4v) is 2.23. The first-order valence-corrected chi connectivity index (χ1v) is 5.95. The van der Waals surface area contributed by atoms with Gasteiger partial charge in [0.2, 0.25) is 0 Å². The molecule has 0 radical (unpaired) electrons. The maximum atomic E-state index is 5.87. The SMILES string of the molecule is Cc1ncnc(N2CCC(N)CC2)c1Br. The van der Waals surface area contributed by atoms with Crippen LogP contribution in [-0.2, 0) is 0 Å². The highest BCUT2D eigenvalue weighted by Gasteiger charge is 2.19. The molecule has 2 heterocycles. The Bertz CT molecular complexity index is 347. The van der Waals surface area contributed by atoms with Crippen LogP contribution in [0, 0.1) is 6.92 Å². The molecule has 2 N–H and O–H groups in total. The lowest BCUT2D eigenvalue weighted by Crippen LogP contribution is -2.40. The van der Waals surface area contributed by atoms with Gasteiger partial charge >= 0.3 is 0 Å². The standard InChI is InChI=1S/C10H15BrN4/c1-7-9(11)10(14-6-13-7)15-4-2-8(12)3-5-15/h6,8H,2-5,12H2,1H3. The van der Waals surface area contributed by atoms with Gasteiger partial charge in [0, 0.05) is 19.1 Å². The summed E-state index contributed by atoms with van der Waals surface area (Å²) in [7, 11) is 0. The van der Waals surface area contributed by atoms with E-state index in [-0.39, 0.29) is 0 Å². The Kier molecular flexibility index (Phi) is 3.21. The largest absolute Gasteiger partial charge is 0.355 e. The predicted octanol–water partition coefficient (Wildman–Crippen LogP) is 1.48. The molecule has 1 fully saturated rings. The number of rotatable bonds is 1. The van der Waals surface area contributed by atoms with Crippen LogP contribution in [0.1, 0.15) is 18.5 Å². The van der Waals surface area contributed by atoms with E-state index in [1.165, 1.54) is 0 Å². The Hall–Kier alpha value is -0.680. The molecule has 1 aliphatic heterocycles. The van der Waals surface area contributed by atoms with E-state index in [0.717, 1.165) is 41.9 Å². The zero-order valence-electron chi connectivity index (χ0n) is 8.78. The van der Waals surface area contributed by atoms with Crippen molar-refractivity contribution >= 4 is 21.7 Å². The average Bonchev–Trinajstić information content (AvgIpc) is 2.24. The number of aryl methyl sites for hydroxylation is 1. The number of hydrogen-bond acceptors (Lipinski definition) is 4. The van der Waals surface area contributed by atoms with Crippen molar-refractivity contribution in [3.63, 3.8) is 0 Å². The van der Waals surface area contributed by atoms with E-state index in [9.17, 15) is 0 Å². The normalized spacial score (nSPS) is 18.2.